The monoisotopic (exact) mass is 279 g/mol. The van der Waals surface area contributed by atoms with E-state index in [-0.39, 0.29) is 10.5 Å². The van der Waals surface area contributed by atoms with Gasteiger partial charge in [0, 0.05) is 11.3 Å². The summed E-state index contributed by atoms with van der Waals surface area (Å²) in [7, 11) is -2.73. The second-order valence-electron chi connectivity index (χ2n) is 3.77. The van der Waals surface area contributed by atoms with Gasteiger partial charge in [-0.2, -0.15) is 0 Å². The third-order valence-corrected chi connectivity index (χ3v) is 3.12. The first kappa shape index (κ1) is 13.2. The molecule has 0 bridgehead atoms. The van der Waals surface area contributed by atoms with Crippen molar-refractivity contribution in [3.8, 4) is 0 Å². The van der Waals surface area contributed by atoms with E-state index >= 15 is 0 Å². The van der Waals surface area contributed by atoms with Gasteiger partial charge in [0.25, 0.3) is 5.91 Å². The Hall–Kier alpha value is -2.21. The Morgan fingerprint density at radius 1 is 1.05 bits per heavy atom. The highest BCUT2D eigenvalue weighted by atomic mass is 32.2. The standard InChI is InChI=1S/C13H10FNO3S/c14-10-4-6-11(7-5-10)15-13(16)9-2-1-3-12(8-9)19(17)18/h1-8,19H,(H,15,16). The summed E-state index contributed by atoms with van der Waals surface area (Å²) in [6, 6.07) is 11.0. The van der Waals surface area contributed by atoms with E-state index in [1.807, 2.05) is 0 Å². The van der Waals surface area contributed by atoms with E-state index in [1.54, 1.807) is 0 Å². The van der Waals surface area contributed by atoms with E-state index in [2.05, 4.69) is 5.32 Å². The van der Waals surface area contributed by atoms with E-state index in [4.69, 9.17) is 0 Å². The molecule has 0 saturated carbocycles. The first-order valence-electron chi connectivity index (χ1n) is 5.37. The first-order valence-corrected chi connectivity index (χ1v) is 6.55. The molecule has 0 aromatic heterocycles. The maximum Gasteiger partial charge on any atom is 0.255 e. The highest BCUT2D eigenvalue weighted by Crippen LogP contribution is 2.12. The highest BCUT2D eigenvalue weighted by molar-refractivity contribution is 7.72. The predicted octanol–water partition coefficient (Wildman–Crippen LogP) is 2.05. The Balaban J connectivity index is 2.20. The third-order valence-electron chi connectivity index (χ3n) is 2.42. The zero-order valence-corrected chi connectivity index (χ0v) is 10.6. The molecule has 0 aliphatic carbocycles. The Morgan fingerprint density at radius 3 is 2.37 bits per heavy atom. The van der Waals surface area contributed by atoms with Gasteiger partial charge in [0.15, 0.2) is 10.7 Å². The number of anilines is 1. The molecule has 0 heterocycles. The molecule has 98 valence electrons. The van der Waals surface area contributed by atoms with Crippen LogP contribution >= 0.6 is 0 Å². The molecule has 0 aliphatic heterocycles. The van der Waals surface area contributed by atoms with E-state index in [1.165, 1.54) is 48.5 Å². The van der Waals surface area contributed by atoms with Crippen molar-refractivity contribution in [3.63, 3.8) is 0 Å². The van der Waals surface area contributed by atoms with Gasteiger partial charge in [-0.15, -0.1) is 0 Å². The maximum atomic E-state index is 12.7. The lowest BCUT2D eigenvalue weighted by Gasteiger charge is -2.05. The van der Waals surface area contributed by atoms with Crippen molar-refractivity contribution in [1.82, 2.24) is 0 Å². The van der Waals surface area contributed by atoms with Crippen LogP contribution in [0.4, 0.5) is 10.1 Å². The van der Waals surface area contributed by atoms with Gasteiger partial charge in [0.05, 0.1) is 4.90 Å². The number of hydrogen-bond acceptors (Lipinski definition) is 3. The summed E-state index contributed by atoms with van der Waals surface area (Å²) in [5, 5.41) is 2.55. The molecule has 1 N–H and O–H groups in total. The van der Waals surface area contributed by atoms with Crippen molar-refractivity contribution >= 4 is 22.3 Å². The Bertz CT molecular complexity index is 673. The average Bonchev–Trinajstić information content (AvgIpc) is 2.41. The number of nitrogens with one attached hydrogen (secondary N) is 1. The van der Waals surface area contributed by atoms with Gasteiger partial charge in [-0.1, -0.05) is 6.07 Å². The van der Waals surface area contributed by atoms with Gasteiger partial charge in [0.1, 0.15) is 5.82 Å². The number of hydrogen-bond donors (Lipinski definition) is 2. The van der Waals surface area contributed by atoms with Crippen LogP contribution in [0.1, 0.15) is 10.4 Å². The van der Waals surface area contributed by atoms with Gasteiger partial charge in [0.2, 0.25) is 0 Å². The molecule has 0 spiro atoms. The minimum atomic E-state index is -2.73. The molecule has 0 radical (unpaired) electrons. The number of carbonyl (C=O) groups is 1. The molecule has 2 aromatic rings. The van der Waals surface area contributed by atoms with E-state index in [0.29, 0.717) is 5.69 Å². The van der Waals surface area contributed by atoms with Crippen LogP contribution in [-0.4, -0.2) is 14.3 Å². The molecule has 0 saturated heterocycles. The molecule has 0 unspecified atom stereocenters. The van der Waals surface area contributed by atoms with Crippen LogP contribution in [-0.2, 0) is 10.7 Å². The molecule has 0 atom stereocenters. The third kappa shape index (κ3) is 3.38. The van der Waals surface area contributed by atoms with Crippen LogP contribution in [0, 0.1) is 5.82 Å². The minimum Gasteiger partial charge on any atom is -0.322 e. The fourth-order valence-electron chi connectivity index (χ4n) is 1.50. The number of rotatable bonds is 3. The van der Waals surface area contributed by atoms with Gasteiger partial charge in [-0.25, -0.2) is 12.8 Å². The zero-order valence-electron chi connectivity index (χ0n) is 9.67. The quantitative estimate of drug-likeness (QED) is 0.845. The van der Waals surface area contributed by atoms with Crippen molar-refractivity contribution in [1.29, 1.82) is 0 Å². The SMILES string of the molecule is O=C(Nc1ccc(F)cc1)c1cccc([SH](=O)=O)c1. The largest absolute Gasteiger partial charge is 0.322 e. The molecular formula is C13H10FNO3S. The number of halogens is 1. The summed E-state index contributed by atoms with van der Waals surface area (Å²) < 4.78 is 34.4. The molecule has 1 amide bonds. The molecule has 2 aromatic carbocycles. The van der Waals surface area contributed by atoms with Crippen LogP contribution < -0.4 is 5.32 Å². The van der Waals surface area contributed by atoms with Crippen molar-refractivity contribution in [2.75, 3.05) is 5.32 Å². The molecule has 0 fully saturated rings. The lowest BCUT2D eigenvalue weighted by Crippen LogP contribution is -2.11. The number of amides is 1. The van der Waals surface area contributed by atoms with Crippen LogP contribution in [0.2, 0.25) is 0 Å². The average molecular weight is 279 g/mol. The molecule has 2 rings (SSSR count). The van der Waals surface area contributed by atoms with E-state index in [9.17, 15) is 17.6 Å². The van der Waals surface area contributed by atoms with Gasteiger partial charge >= 0.3 is 0 Å². The minimum absolute atomic E-state index is 0.0711. The summed E-state index contributed by atoms with van der Waals surface area (Å²) in [6.45, 7) is 0. The van der Waals surface area contributed by atoms with Gasteiger partial charge in [-0.3, -0.25) is 4.79 Å². The lowest BCUT2D eigenvalue weighted by molar-refractivity contribution is 0.102. The Kier molecular flexibility index (Phi) is 3.91. The number of thiol groups is 1. The molecular weight excluding hydrogens is 269 g/mol. The van der Waals surface area contributed by atoms with Gasteiger partial charge < -0.3 is 5.32 Å². The van der Waals surface area contributed by atoms with Crippen LogP contribution in [0.3, 0.4) is 0 Å². The molecule has 0 aliphatic rings. The smallest absolute Gasteiger partial charge is 0.255 e. The van der Waals surface area contributed by atoms with Crippen LogP contribution in [0.15, 0.2) is 53.4 Å². The van der Waals surface area contributed by atoms with Crippen LogP contribution in [0.5, 0.6) is 0 Å². The summed E-state index contributed by atoms with van der Waals surface area (Å²) in [4.78, 5) is 11.9. The van der Waals surface area contributed by atoms with E-state index in [0.717, 1.165) is 0 Å². The Labute approximate surface area is 110 Å². The first-order chi connectivity index (χ1) is 9.06. The zero-order chi connectivity index (χ0) is 13.8. The molecule has 19 heavy (non-hydrogen) atoms. The lowest BCUT2D eigenvalue weighted by atomic mass is 10.2. The summed E-state index contributed by atoms with van der Waals surface area (Å²) >= 11 is 0. The normalized spacial score (nSPS) is 10.4. The summed E-state index contributed by atoms with van der Waals surface area (Å²) in [6.07, 6.45) is 0. The van der Waals surface area contributed by atoms with Gasteiger partial charge in [-0.05, 0) is 42.5 Å². The molecule has 6 heteroatoms. The van der Waals surface area contributed by atoms with Crippen molar-refractivity contribution in [2.45, 2.75) is 4.90 Å². The second kappa shape index (κ2) is 5.62. The Morgan fingerprint density at radius 2 is 1.74 bits per heavy atom. The topological polar surface area (TPSA) is 63.2 Å². The fraction of sp³-hybridized carbons (Fsp3) is 0. The summed E-state index contributed by atoms with van der Waals surface area (Å²) in [5.74, 6) is -0.853. The van der Waals surface area contributed by atoms with E-state index < -0.39 is 22.4 Å². The van der Waals surface area contributed by atoms with Crippen molar-refractivity contribution < 1.29 is 17.6 Å². The number of carbonyl (C=O) groups excluding carboxylic acids is 1. The highest BCUT2D eigenvalue weighted by Gasteiger charge is 2.07. The van der Waals surface area contributed by atoms with Crippen molar-refractivity contribution in [3.05, 3.63) is 59.9 Å². The molecule has 4 nitrogen and oxygen atoms in total. The maximum absolute atomic E-state index is 12.7. The number of benzene rings is 2. The fourth-order valence-corrected chi connectivity index (χ4v) is 1.95. The predicted molar refractivity (Wildman–Crippen MR) is 69.4 cm³/mol. The second-order valence-corrected chi connectivity index (χ2v) is 4.80. The van der Waals surface area contributed by atoms with Crippen molar-refractivity contribution in [2.24, 2.45) is 0 Å². The summed E-state index contributed by atoms with van der Waals surface area (Å²) in [5.41, 5.74) is 0.657. The van der Waals surface area contributed by atoms with Crippen LogP contribution in [0.25, 0.3) is 0 Å².